The van der Waals surface area contributed by atoms with Crippen molar-refractivity contribution in [1.82, 2.24) is 9.78 Å². The molecular formula is C12H12F2IN3. The van der Waals surface area contributed by atoms with Gasteiger partial charge < -0.3 is 5.73 Å². The maximum Gasteiger partial charge on any atom is 0.135 e. The van der Waals surface area contributed by atoms with Gasteiger partial charge in [-0.05, 0) is 54.1 Å². The normalized spacial score (nSPS) is 12.7. The summed E-state index contributed by atoms with van der Waals surface area (Å²) in [5, 5.41) is 4.08. The van der Waals surface area contributed by atoms with Crippen LogP contribution in [0.2, 0.25) is 0 Å². The fourth-order valence-corrected chi connectivity index (χ4v) is 2.14. The third-order valence-electron chi connectivity index (χ3n) is 2.88. The molecule has 1 atom stereocenters. The van der Waals surface area contributed by atoms with Crippen LogP contribution < -0.4 is 5.73 Å². The first-order valence-corrected chi connectivity index (χ1v) is 6.43. The summed E-state index contributed by atoms with van der Waals surface area (Å²) in [4.78, 5) is 0. The highest BCUT2D eigenvalue weighted by Crippen LogP contribution is 2.26. The largest absolute Gasteiger partial charge is 0.383 e. The van der Waals surface area contributed by atoms with Crippen LogP contribution in [0, 0.1) is 22.1 Å². The Labute approximate surface area is 117 Å². The molecule has 0 spiro atoms. The number of anilines is 1. The van der Waals surface area contributed by atoms with Gasteiger partial charge in [-0.25, -0.2) is 13.5 Å². The highest BCUT2D eigenvalue weighted by atomic mass is 127. The molecule has 0 radical (unpaired) electrons. The lowest BCUT2D eigenvalue weighted by atomic mass is 10.1. The van der Waals surface area contributed by atoms with Gasteiger partial charge in [-0.15, -0.1) is 0 Å². The monoisotopic (exact) mass is 363 g/mol. The zero-order valence-corrected chi connectivity index (χ0v) is 12.1. The summed E-state index contributed by atoms with van der Waals surface area (Å²) >= 11 is 2.04. The molecule has 0 fully saturated rings. The van der Waals surface area contributed by atoms with Gasteiger partial charge in [-0.3, -0.25) is 0 Å². The number of rotatable bonds is 2. The summed E-state index contributed by atoms with van der Waals surface area (Å²) in [5.74, 6) is -0.437. The number of hydrogen-bond donors (Lipinski definition) is 1. The number of aryl methyl sites for hydroxylation is 1. The van der Waals surface area contributed by atoms with E-state index in [9.17, 15) is 8.78 Å². The Morgan fingerprint density at radius 1 is 1.33 bits per heavy atom. The minimum absolute atomic E-state index is 0.240. The lowest BCUT2D eigenvalue weighted by Gasteiger charge is -2.16. The zero-order chi connectivity index (χ0) is 13.4. The minimum Gasteiger partial charge on any atom is -0.383 e. The van der Waals surface area contributed by atoms with Gasteiger partial charge in [0.05, 0.1) is 15.8 Å². The summed E-state index contributed by atoms with van der Waals surface area (Å²) in [7, 11) is 0. The molecule has 1 heterocycles. The van der Waals surface area contributed by atoms with Crippen molar-refractivity contribution < 1.29 is 8.78 Å². The van der Waals surface area contributed by atoms with Crippen LogP contribution in [0.5, 0.6) is 0 Å². The van der Waals surface area contributed by atoms with Crippen LogP contribution in [0.4, 0.5) is 14.6 Å². The van der Waals surface area contributed by atoms with Gasteiger partial charge in [0.25, 0.3) is 0 Å². The number of nitrogen functional groups attached to an aromatic ring is 1. The van der Waals surface area contributed by atoms with Crippen molar-refractivity contribution in [3.8, 4) is 0 Å². The number of benzene rings is 1. The summed E-state index contributed by atoms with van der Waals surface area (Å²) in [6, 6.07) is 1.93. The van der Waals surface area contributed by atoms with Crippen molar-refractivity contribution in [2.45, 2.75) is 19.9 Å². The van der Waals surface area contributed by atoms with E-state index in [-0.39, 0.29) is 11.1 Å². The molecule has 2 N–H and O–H groups in total. The second-order valence-electron chi connectivity index (χ2n) is 4.12. The number of nitrogens with zero attached hydrogens (tertiary/aromatic N) is 2. The molecule has 96 valence electrons. The molecule has 0 aliphatic heterocycles. The van der Waals surface area contributed by atoms with Gasteiger partial charge >= 0.3 is 0 Å². The molecule has 2 aromatic rings. The van der Waals surface area contributed by atoms with Gasteiger partial charge in [0, 0.05) is 5.56 Å². The first-order valence-electron chi connectivity index (χ1n) is 5.36. The first kappa shape index (κ1) is 13.3. The molecular weight excluding hydrogens is 351 g/mol. The highest BCUT2D eigenvalue weighted by molar-refractivity contribution is 14.1. The van der Waals surface area contributed by atoms with Gasteiger partial charge in [-0.1, -0.05) is 0 Å². The van der Waals surface area contributed by atoms with Gasteiger partial charge in [0.2, 0.25) is 0 Å². The summed E-state index contributed by atoms with van der Waals surface area (Å²) in [5.41, 5.74) is 6.36. The molecule has 2 rings (SSSR count). The average Bonchev–Trinajstić information content (AvgIpc) is 2.64. The lowest BCUT2D eigenvalue weighted by molar-refractivity contribution is 0.515. The highest BCUT2D eigenvalue weighted by Gasteiger charge is 2.18. The maximum atomic E-state index is 13.9. The van der Waals surface area contributed by atoms with E-state index < -0.39 is 17.7 Å². The molecule has 6 heteroatoms. The van der Waals surface area contributed by atoms with E-state index in [2.05, 4.69) is 5.10 Å². The second kappa shape index (κ2) is 4.83. The summed E-state index contributed by atoms with van der Waals surface area (Å²) in [6.07, 6.45) is 1.59. The molecule has 1 unspecified atom stereocenters. The molecule has 1 aromatic heterocycles. The van der Waals surface area contributed by atoms with Crippen LogP contribution in [0.3, 0.4) is 0 Å². The lowest BCUT2D eigenvalue weighted by Crippen LogP contribution is -2.13. The van der Waals surface area contributed by atoms with Crippen LogP contribution in [0.25, 0.3) is 0 Å². The molecule has 0 saturated carbocycles. The van der Waals surface area contributed by atoms with E-state index in [1.54, 1.807) is 13.1 Å². The van der Waals surface area contributed by atoms with E-state index >= 15 is 0 Å². The van der Waals surface area contributed by atoms with Crippen molar-refractivity contribution >= 4 is 28.4 Å². The topological polar surface area (TPSA) is 43.8 Å². The number of aromatic nitrogens is 2. The number of nitrogens with two attached hydrogens (primary N) is 1. The van der Waals surface area contributed by atoms with E-state index in [4.69, 9.17) is 5.73 Å². The van der Waals surface area contributed by atoms with Crippen LogP contribution >= 0.6 is 22.6 Å². The maximum absolute atomic E-state index is 13.9. The van der Waals surface area contributed by atoms with Crippen molar-refractivity contribution in [3.63, 3.8) is 0 Å². The molecule has 18 heavy (non-hydrogen) atoms. The average molecular weight is 363 g/mol. The molecule has 0 amide bonds. The first-order chi connectivity index (χ1) is 8.41. The SMILES string of the molecule is Cc1cc(F)c(C(C)n2ncc(I)c2N)cc1F. The van der Waals surface area contributed by atoms with E-state index in [1.165, 1.54) is 23.7 Å². The van der Waals surface area contributed by atoms with Crippen molar-refractivity contribution in [2.24, 2.45) is 0 Å². The quantitative estimate of drug-likeness (QED) is 0.833. The number of halogens is 3. The molecule has 0 saturated heterocycles. The molecule has 1 aromatic carbocycles. The van der Waals surface area contributed by atoms with E-state index in [0.29, 0.717) is 5.82 Å². The summed E-state index contributed by atoms with van der Waals surface area (Å²) in [6.45, 7) is 3.25. The Balaban J connectivity index is 2.49. The Morgan fingerprint density at radius 2 is 2.00 bits per heavy atom. The van der Waals surface area contributed by atoms with Gasteiger partial charge in [-0.2, -0.15) is 5.10 Å². The Kier molecular flexibility index (Phi) is 3.56. The van der Waals surface area contributed by atoms with Crippen molar-refractivity contribution in [1.29, 1.82) is 0 Å². The molecule has 3 nitrogen and oxygen atoms in total. The van der Waals surface area contributed by atoms with Crippen LogP contribution in [-0.4, -0.2) is 9.78 Å². The second-order valence-corrected chi connectivity index (χ2v) is 5.28. The van der Waals surface area contributed by atoms with E-state index in [0.717, 1.165) is 3.57 Å². The Hall–Kier alpha value is -1.18. The predicted octanol–water partition coefficient (Wildman–Crippen LogP) is 3.27. The third kappa shape index (κ3) is 2.21. The molecule has 0 aliphatic carbocycles. The predicted molar refractivity (Wildman–Crippen MR) is 74.3 cm³/mol. The molecule has 0 aliphatic rings. The fraction of sp³-hybridized carbons (Fsp3) is 0.250. The fourth-order valence-electron chi connectivity index (χ4n) is 1.77. The van der Waals surface area contributed by atoms with Gasteiger partial charge in [0.15, 0.2) is 0 Å². The Bertz CT molecular complexity index is 595. The third-order valence-corrected chi connectivity index (χ3v) is 3.71. The van der Waals surface area contributed by atoms with Crippen molar-refractivity contribution in [3.05, 3.63) is 44.7 Å². The van der Waals surface area contributed by atoms with E-state index in [1.807, 2.05) is 22.6 Å². The smallest absolute Gasteiger partial charge is 0.135 e. The number of hydrogen-bond acceptors (Lipinski definition) is 2. The minimum atomic E-state index is -0.455. The zero-order valence-electron chi connectivity index (χ0n) is 9.92. The Morgan fingerprint density at radius 3 is 2.56 bits per heavy atom. The van der Waals surface area contributed by atoms with Crippen LogP contribution in [-0.2, 0) is 0 Å². The van der Waals surface area contributed by atoms with Crippen molar-refractivity contribution in [2.75, 3.05) is 5.73 Å². The molecule has 0 bridgehead atoms. The standard InChI is InChI=1S/C12H12F2IN3/c1-6-3-10(14)8(4-9(6)13)7(2)18-12(16)11(15)5-17-18/h3-5,7H,16H2,1-2H3. The van der Waals surface area contributed by atoms with Crippen LogP contribution in [0.15, 0.2) is 18.3 Å². The summed E-state index contributed by atoms with van der Waals surface area (Å²) < 4.78 is 29.6. The van der Waals surface area contributed by atoms with Gasteiger partial charge in [0.1, 0.15) is 17.5 Å². The van der Waals surface area contributed by atoms with Crippen LogP contribution in [0.1, 0.15) is 24.1 Å².